The first-order valence-corrected chi connectivity index (χ1v) is 11.4. The van der Waals surface area contributed by atoms with Crippen LogP contribution in [0.2, 0.25) is 0 Å². The third kappa shape index (κ3) is 3.83. The zero-order valence-electron chi connectivity index (χ0n) is 18.0. The number of aromatic nitrogens is 1. The number of nitrogens with two attached hydrogens (primary N) is 1. The highest BCUT2D eigenvalue weighted by atomic mass is 32.1. The van der Waals surface area contributed by atoms with Crippen molar-refractivity contribution in [1.29, 1.82) is 0 Å². The second-order valence-electron chi connectivity index (χ2n) is 8.03. The van der Waals surface area contributed by atoms with Crippen molar-refractivity contribution in [2.75, 3.05) is 5.73 Å². The van der Waals surface area contributed by atoms with Gasteiger partial charge in [-0.2, -0.15) is 13.2 Å². The molecule has 0 atom stereocenters. The summed E-state index contributed by atoms with van der Waals surface area (Å²) < 4.78 is 41.5. The van der Waals surface area contributed by atoms with Gasteiger partial charge in [0.2, 0.25) is 0 Å². The van der Waals surface area contributed by atoms with Crippen LogP contribution in [0.15, 0.2) is 76.9 Å². The molecule has 0 saturated carbocycles. The molecule has 0 saturated heterocycles. The number of pyridine rings is 1. The van der Waals surface area contributed by atoms with Crippen LogP contribution in [0, 0.1) is 0 Å². The standard InChI is InChI=1S/C26H17F3N2O3S/c27-26(28,29)17-9-4-8-16(11-17)21-19(12-15-7-3-6-14-5-1-2-10-18(14)15)22(30)23(32)31-20(25(33)34)13-35-24(21)31/h1-11,13H,12,30H2,(H,33,34). The van der Waals surface area contributed by atoms with Gasteiger partial charge in [0.05, 0.1) is 5.56 Å². The summed E-state index contributed by atoms with van der Waals surface area (Å²) in [5, 5.41) is 12.8. The van der Waals surface area contributed by atoms with Crippen molar-refractivity contribution < 1.29 is 23.1 Å². The fourth-order valence-corrected chi connectivity index (χ4v) is 5.40. The SMILES string of the molecule is Nc1c(Cc2cccc3ccccc23)c(-c2cccc(C(F)(F)F)c2)c2scc(C(=O)O)n2c1=O. The number of benzene rings is 3. The van der Waals surface area contributed by atoms with E-state index in [0.717, 1.165) is 44.2 Å². The highest BCUT2D eigenvalue weighted by Gasteiger charge is 2.31. The number of carbonyl (C=O) groups is 1. The average Bonchev–Trinajstić information content (AvgIpc) is 3.27. The van der Waals surface area contributed by atoms with Crippen LogP contribution in [0.4, 0.5) is 18.9 Å². The number of fused-ring (bicyclic) bond motifs is 2. The van der Waals surface area contributed by atoms with Crippen LogP contribution in [-0.4, -0.2) is 15.5 Å². The fourth-order valence-electron chi connectivity index (χ4n) is 4.33. The van der Waals surface area contributed by atoms with E-state index in [0.29, 0.717) is 11.1 Å². The van der Waals surface area contributed by atoms with Gasteiger partial charge in [-0.15, -0.1) is 11.3 Å². The van der Waals surface area contributed by atoms with Gasteiger partial charge in [-0.1, -0.05) is 54.6 Å². The maximum atomic E-state index is 13.5. The smallest absolute Gasteiger partial charge is 0.416 e. The minimum Gasteiger partial charge on any atom is -0.477 e. The Morgan fingerprint density at radius 1 is 1.03 bits per heavy atom. The normalized spacial score (nSPS) is 11.9. The number of aromatic carboxylic acids is 1. The zero-order valence-corrected chi connectivity index (χ0v) is 18.8. The molecule has 9 heteroatoms. The number of thiazole rings is 1. The van der Waals surface area contributed by atoms with Crippen LogP contribution in [0.5, 0.6) is 0 Å². The summed E-state index contributed by atoms with van der Waals surface area (Å²) in [6.07, 6.45) is -4.41. The van der Waals surface area contributed by atoms with Gasteiger partial charge in [0.25, 0.3) is 5.56 Å². The Bertz CT molecular complexity index is 1680. The maximum absolute atomic E-state index is 13.5. The summed E-state index contributed by atoms with van der Waals surface area (Å²) in [5.74, 6) is -1.34. The summed E-state index contributed by atoms with van der Waals surface area (Å²) in [4.78, 5) is 25.2. The predicted octanol–water partition coefficient (Wildman–Crippen LogP) is 6.07. The first-order valence-electron chi connectivity index (χ1n) is 10.5. The highest BCUT2D eigenvalue weighted by molar-refractivity contribution is 7.16. The van der Waals surface area contributed by atoms with E-state index in [-0.39, 0.29) is 28.2 Å². The lowest BCUT2D eigenvalue weighted by Gasteiger charge is -2.17. The molecular formula is C26H17F3N2O3S. The second kappa shape index (κ2) is 8.28. The second-order valence-corrected chi connectivity index (χ2v) is 8.89. The van der Waals surface area contributed by atoms with Gasteiger partial charge in [0.1, 0.15) is 16.2 Å². The van der Waals surface area contributed by atoms with Crippen molar-refractivity contribution in [3.63, 3.8) is 0 Å². The van der Waals surface area contributed by atoms with E-state index in [1.54, 1.807) is 0 Å². The number of hydrogen-bond acceptors (Lipinski definition) is 4. The molecule has 0 aliphatic heterocycles. The van der Waals surface area contributed by atoms with Crippen LogP contribution in [0.25, 0.3) is 26.7 Å². The Kier molecular flexibility index (Phi) is 5.36. The van der Waals surface area contributed by atoms with E-state index in [2.05, 4.69) is 0 Å². The van der Waals surface area contributed by atoms with Crippen molar-refractivity contribution >= 4 is 38.6 Å². The number of hydrogen-bond donors (Lipinski definition) is 2. The van der Waals surface area contributed by atoms with Gasteiger partial charge in [0, 0.05) is 17.4 Å². The Morgan fingerprint density at radius 2 is 1.74 bits per heavy atom. The van der Waals surface area contributed by atoms with E-state index in [9.17, 15) is 27.9 Å². The molecule has 0 spiro atoms. The molecular weight excluding hydrogens is 477 g/mol. The summed E-state index contributed by atoms with van der Waals surface area (Å²) >= 11 is 0.974. The molecule has 0 aliphatic rings. The van der Waals surface area contributed by atoms with Gasteiger partial charge in [-0.3, -0.25) is 9.20 Å². The fraction of sp³-hybridized carbons (Fsp3) is 0.0769. The molecule has 0 amide bonds. The Morgan fingerprint density at radius 3 is 2.49 bits per heavy atom. The van der Waals surface area contributed by atoms with Crippen LogP contribution >= 0.6 is 11.3 Å². The third-order valence-corrected chi connectivity index (χ3v) is 6.90. The number of carboxylic acid groups (broad SMARTS) is 1. The molecule has 5 nitrogen and oxygen atoms in total. The Balaban J connectivity index is 1.85. The average molecular weight is 494 g/mol. The molecule has 0 unspecified atom stereocenters. The van der Waals surface area contributed by atoms with Crippen LogP contribution in [0.1, 0.15) is 27.2 Å². The number of anilines is 1. The summed E-state index contributed by atoms with van der Waals surface area (Å²) in [6.45, 7) is 0. The molecule has 2 aromatic heterocycles. The molecule has 3 aromatic carbocycles. The van der Waals surface area contributed by atoms with Crippen molar-refractivity contribution in [2.45, 2.75) is 12.6 Å². The number of nitrogens with zero attached hydrogens (tertiary/aromatic N) is 1. The summed E-state index contributed by atoms with van der Waals surface area (Å²) in [7, 11) is 0. The molecule has 0 bridgehead atoms. The number of carboxylic acids is 1. The lowest BCUT2D eigenvalue weighted by atomic mass is 9.92. The number of halogens is 3. The molecule has 0 fully saturated rings. The summed E-state index contributed by atoms with van der Waals surface area (Å²) in [5.41, 5.74) is 5.89. The molecule has 2 heterocycles. The van der Waals surface area contributed by atoms with Gasteiger partial charge >= 0.3 is 12.1 Å². The van der Waals surface area contributed by atoms with Gasteiger partial charge < -0.3 is 10.8 Å². The van der Waals surface area contributed by atoms with Crippen molar-refractivity contribution in [3.8, 4) is 11.1 Å². The van der Waals surface area contributed by atoms with Gasteiger partial charge in [0.15, 0.2) is 0 Å². The lowest BCUT2D eigenvalue weighted by molar-refractivity contribution is -0.137. The molecule has 176 valence electrons. The van der Waals surface area contributed by atoms with E-state index < -0.39 is 23.3 Å². The van der Waals surface area contributed by atoms with E-state index in [4.69, 9.17) is 5.73 Å². The minimum absolute atomic E-state index is 0.171. The highest BCUT2D eigenvalue weighted by Crippen LogP contribution is 2.39. The van der Waals surface area contributed by atoms with E-state index >= 15 is 0 Å². The zero-order chi connectivity index (χ0) is 24.9. The number of alkyl halides is 3. The van der Waals surface area contributed by atoms with Crippen LogP contribution in [-0.2, 0) is 12.6 Å². The summed E-state index contributed by atoms with van der Waals surface area (Å²) in [6, 6.07) is 18.0. The van der Waals surface area contributed by atoms with Crippen LogP contribution in [0.3, 0.4) is 0 Å². The number of rotatable bonds is 4. The van der Waals surface area contributed by atoms with Crippen molar-refractivity contribution in [3.05, 3.63) is 105 Å². The van der Waals surface area contributed by atoms with Gasteiger partial charge in [-0.25, -0.2) is 4.79 Å². The number of nitrogen functional groups attached to an aromatic ring is 1. The molecule has 0 radical (unpaired) electrons. The van der Waals surface area contributed by atoms with E-state index in [1.807, 2.05) is 42.5 Å². The Hall–Kier alpha value is -4.11. The first kappa shape index (κ1) is 22.7. The van der Waals surface area contributed by atoms with Crippen LogP contribution < -0.4 is 11.3 Å². The quantitative estimate of drug-likeness (QED) is 0.318. The molecule has 3 N–H and O–H groups in total. The first-order chi connectivity index (χ1) is 16.7. The molecule has 35 heavy (non-hydrogen) atoms. The maximum Gasteiger partial charge on any atom is 0.416 e. The minimum atomic E-state index is -4.58. The van der Waals surface area contributed by atoms with Gasteiger partial charge in [-0.05, 0) is 39.6 Å². The predicted molar refractivity (Wildman–Crippen MR) is 130 cm³/mol. The van der Waals surface area contributed by atoms with Crippen molar-refractivity contribution in [1.82, 2.24) is 4.40 Å². The Labute approximate surface area is 200 Å². The molecule has 5 rings (SSSR count). The molecule has 5 aromatic rings. The van der Waals surface area contributed by atoms with Crippen molar-refractivity contribution in [2.24, 2.45) is 0 Å². The van der Waals surface area contributed by atoms with E-state index in [1.165, 1.54) is 17.5 Å². The molecule has 0 aliphatic carbocycles. The monoisotopic (exact) mass is 494 g/mol. The largest absolute Gasteiger partial charge is 0.477 e. The lowest BCUT2D eigenvalue weighted by Crippen LogP contribution is -2.23. The third-order valence-electron chi connectivity index (χ3n) is 5.95. The topological polar surface area (TPSA) is 84.8 Å².